The molecule has 76 valence electrons. The number of rotatable bonds is 1. The van der Waals surface area contributed by atoms with E-state index in [1.807, 2.05) is 0 Å². The minimum atomic E-state index is -1.13. The van der Waals surface area contributed by atoms with Gasteiger partial charge >= 0.3 is 13.1 Å². The molecule has 3 rings (SSSR count). The lowest BCUT2D eigenvalue weighted by atomic mass is 9.77. The van der Waals surface area contributed by atoms with E-state index in [2.05, 4.69) is 4.98 Å². The molecule has 1 aromatic heterocycles. The SMILES string of the molecule is O=C(O)c1nccc2c1OB(O)[C@H]1C[C@@H]21. The topological polar surface area (TPSA) is 79.7 Å². The minimum absolute atomic E-state index is 0.114. The summed E-state index contributed by atoms with van der Waals surface area (Å²) in [6.45, 7) is 0. The van der Waals surface area contributed by atoms with Gasteiger partial charge in [0, 0.05) is 12.0 Å². The summed E-state index contributed by atoms with van der Waals surface area (Å²) >= 11 is 0. The van der Waals surface area contributed by atoms with Gasteiger partial charge in [-0.25, -0.2) is 9.78 Å². The van der Waals surface area contributed by atoms with Gasteiger partial charge in [-0.15, -0.1) is 0 Å². The molecule has 1 aromatic rings. The van der Waals surface area contributed by atoms with Crippen molar-refractivity contribution >= 4 is 13.1 Å². The number of nitrogens with zero attached hydrogens (tertiary/aromatic N) is 1. The Hall–Kier alpha value is -1.56. The highest BCUT2D eigenvalue weighted by Gasteiger charge is 2.54. The van der Waals surface area contributed by atoms with Crippen LogP contribution >= 0.6 is 0 Å². The first-order valence-electron chi connectivity index (χ1n) is 4.75. The Morgan fingerprint density at radius 3 is 3.20 bits per heavy atom. The van der Waals surface area contributed by atoms with Crippen LogP contribution in [0.3, 0.4) is 0 Å². The lowest BCUT2D eigenvalue weighted by Gasteiger charge is -2.19. The molecule has 2 atom stereocenters. The lowest BCUT2D eigenvalue weighted by Crippen LogP contribution is -2.27. The number of hydrogen-bond acceptors (Lipinski definition) is 4. The number of aromatic carboxylic acids is 1. The van der Waals surface area contributed by atoms with Gasteiger partial charge in [0.15, 0.2) is 5.69 Å². The Morgan fingerprint density at radius 2 is 2.47 bits per heavy atom. The molecule has 5 nitrogen and oxygen atoms in total. The number of carboxylic acids is 1. The molecular weight excluding hydrogens is 197 g/mol. The molecule has 1 saturated carbocycles. The Balaban J connectivity index is 2.14. The van der Waals surface area contributed by atoms with Crippen LogP contribution in [-0.2, 0) is 0 Å². The lowest BCUT2D eigenvalue weighted by molar-refractivity contribution is 0.0687. The van der Waals surface area contributed by atoms with Gasteiger partial charge in [-0.05, 0) is 24.0 Å². The molecule has 0 amide bonds. The van der Waals surface area contributed by atoms with E-state index in [-0.39, 0.29) is 23.2 Å². The quantitative estimate of drug-likeness (QED) is 0.652. The molecule has 2 aliphatic rings. The second-order valence-corrected chi connectivity index (χ2v) is 3.90. The average molecular weight is 205 g/mol. The summed E-state index contributed by atoms with van der Waals surface area (Å²) in [6, 6.07) is 1.76. The summed E-state index contributed by atoms with van der Waals surface area (Å²) in [7, 11) is -0.884. The largest absolute Gasteiger partial charge is 0.534 e. The summed E-state index contributed by atoms with van der Waals surface area (Å²) in [4.78, 5) is 14.6. The van der Waals surface area contributed by atoms with Gasteiger partial charge in [0.05, 0.1) is 0 Å². The van der Waals surface area contributed by atoms with E-state index in [0.717, 1.165) is 12.0 Å². The Morgan fingerprint density at radius 1 is 1.67 bits per heavy atom. The van der Waals surface area contributed by atoms with E-state index in [1.54, 1.807) is 6.07 Å². The third kappa shape index (κ3) is 1.14. The highest BCUT2D eigenvalue weighted by molar-refractivity contribution is 6.48. The van der Waals surface area contributed by atoms with Gasteiger partial charge in [0.25, 0.3) is 0 Å². The van der Waals surface area contributed by atoms with Crippen LogP contribution in [0.4, 0.5) is 0 Å². The van der Waals surface area contributed by atoms with Crippen molar-refractivity contribution in [3.63, 3.8) is 0 Å². The van der Waals surface area contributed by atoms with Crippen LogP contribution in [0.25, 0.3) is 0 Å². The summed E-state index contributed by atoms with van der Waals surface area (Å²) in [5, 5.41) is 18.4. The molecule has 15 heavy (non-hydrogen) atoms. The van der Waals surface area contributed by atoms with Crippen molar-refractivity contribution in [2.24, 2.45) is 0 Å². The average Bonchev–Trinajstić information content (AvgIpc) is 2.97. The fraction of sp³-hybridized carbons (Fsp3) is 0.333. The van der Waals surface area contributed by atoms with Crippen LogP contribution in [0.15, 0.2) is 12.3 Å². The zero-order chi connectivity index (χ0) is 10.6. The van der Waals surface area contributed by atoms with Gasteiger partial charge in [-0.1, -0.05) is 0 Å². The first-order chi connectivity index (χ1) is 7.18. The molecule has 0 saturated heterocycles. The maximum Gasteiger partial charge on any atom is 0.526 e. The van der Waals surface area contributed by atoms with Crippen molar-refractivity contribution in [2.45, 2.75) is 18.2 Å². The van der Waals surface area contributed by atoms with Crippen molar-refractivity contribution < 1.29 is 19.6 Å². The number of hydrogen-bond donors (Lipinski definition) is 2. The molecule has 2 heterocycles. The highest BCUT2D eigenvalue weighted by atomic mass is 16.5. The molecule has 0 spiro atoms. The van der Waals surface area contributed by atoms with Crippen LogP contribution in [0.2, 0.25) is 5.82 Å². The fourth-order valence-electron chi connectivity index (χ4n) is 2.13. The van der Waals surface area contributed by atoms with Gasteiger partial charge in [-0.2, -0.15) is 0 Å². The van der Waals surface area contributed by atoms with Crippen LogP contribution in [0.5, 0.6) is 5.75 Å². The zero-order valence-electron chi connectivity index (χ0n) is 7.75. The maximum atomic E-state index is 10.9. The second kappa shape index (κ2) is 2.73. The van der Waals surface area contributed by atoms with Crippen LogP contribution in [0.1, 0.15) is 28.4 Å². The normalized spacial score (nSPS) is 26.3. The van der Waals surface area contributed by atoms with E-state index in [9.17, 15) is 9.82 Å². The smallest absolute Gasteiger partial charge is 0.526 e. The van der Waals surface area contributed by atoms with Crippen molar-refractivity contribution in [3.05, 3.63) is 23.5 Å². The molecule has 1 aliphatic carbocycles. The summed E-state index contributed by atoms with van der Waals surface area (Å²) < 4.78 is 5.19. The monoisotopic (exact) mass is 205 g/mol. The predicted octanol–water partition coefficient (Wildman–Crippen LogP) is 0.510. The van der Waals surface area contributed by atoms with Gasteiger partial charge < -0.3 is 14.8 Å². The highest BCUT2D eigenvalue weighted by Crippen LogP contribution is 2.59. The van der Waals surface area contributed by atoms with E-state index in [1.165, 1.54) is 6.20 Å². The molecular formula is C9H8BNO4. The van der Waals surface area contributed by atoms with Gasteiger partial charge in [0.1, 0.15) is 5.75 Å². The number of carboxylic acid groups (broad SMARTS) is 1. The molecule has 6 heteroatoms. The van der Waals surface area contributed by atoms with Gasteiger partial charge in [0.2, 0.25) is 0 Å². The van der Waals surface area contributed by atoms with E-state index in [0.29, 0.717) is 0 Å². The van der Waals surface area contributed by atoms with E-state index >= 15 is 0 Å². The molecule has 2 N–H and O–H groups in total. The van der Waals surface area contributed by atoms with Crippen molar-refractivity contribution in [3.8, 4) is 5.75 Å². The van der Waals surface area contributed by atoms with Gasteiger partial charge in [-0.3, -0.25) is 0 Å². The molecule has 1 aliphatic heterocycles. The standard InChI is InChI=1S/C9H8BNO4/c12-9(13)7-8-4(1-2-11-7)5-3-6(5)10(14)15-8/h1-2,5-6,14H,3H2,(H,12,13)/t5-,6-/m0/s1. The van der Waals surface area contributed by atoms with Crippen molar-refractivity contribution in [1.82, 2.24) is 4.98 Å². The third-order valence-corrected chi connectivity index (χ3v) is 2.98. The maximum absolute atomic E-state index is 10.9. The molecule has 0 aromatic carbocycles. The molecule has 1 fully saturated rings. The van der Waals surface area contributed by atoms with E-state index < -0.39 is 13.1 Å². The first-order valence-corrected chi connectivity index (χ1v) is 4.75. The van der Waals surface area contributed by atoms with E-state index in [4.69, 9.17) is 9.76 Å². The van der Waals surface area contributed by atoms with Crippen LogP contribution in [-0.4, -0.2) is 28.2 Å². The second-order valence-electron chi connectivity index (χ2n) is 3.90. The molecule has 0 bridgehead atoms. The van der Waals surface area contributed by atoms with Crippen LogP contribution in [0, 0.1) is 0 Å². The summed E-state index contributed by atoms with van der Waals surface area (Å²) in [5.41, 5.74) is 0.745. The van der Waals surface area contributed by atoms with Crippen LogP contribution < -0.4 is 4.65 Å². The molecule has 0 radical (unpaired) electrons. The van der Waals surface area contributed by atoms with Crippen molar-refractivity contribution in [1.29, 1.82) is 0 Å². The van der Waals surface area contributed by atoms with Crippen molar-refractivity contribution in [2.75, 3.05) is 0 Å². The number of fused-ring (bicyclic) bond motifs is 3. The number of carbonyl (C=O) groups is 1. The number of pyridine rings is 1. The number of aromatic nitrogens is 1. The Kier molecular flexibility index (Phi) is 1.59. The first kappa shape index (κ1) is 8.73. The zero-order valence-corrected chi connectivity index (χ0v) is 7.75. The fourth-order valence-corrected chi connectivity index (χ4v) is 2.13. The summed E-state index contributed by atoms with van der Waals surface area (Å²) in [5.74, 6) is -0.527. The summed E-state index contributed by atoms with van der Waals surface area (Å²) in [6.07, 6.45) is 2.33. The minimum Gasteiger partial charge on any atom is -0.534 e. The molecule has 0 unspecified atom stereocenters. The third-order valence-electron chi connectivity index (χ3n) is 2.98. The Bertz CT molecular complexity index is 450. The predicted molar refractivity (Wildman–Crippen MR) is 50.9 cm³/mol. The Labute approximate surface area is 85.9 Å².